The molecule has 11 nitrogen and oxygen atoms in total. The van der Waals surface area contributed by atoms with Gasteiger partial charge in [-0.15, -0.1) is 0 Å². The maximum absolute atomic E-state index is 13.2. The van der Waals surface area contributed by atoms with Crippen molar-refractivity contribution in [3.05, 3.63) is 90.1 Å². The summed E-state index contributed by atoms with van der Waals surface area (Å²) in [5.74, 6) is 1.94. The molecule has 0 bridgehead atoms. The average molecular weight is 562 g/mol. The lowest BCUT2D eigenvalue weighted by Gasteiger charge is -2.41. The molecule has 206 valence electrons. The maximum atomic E-state index is 13.2. The lowest BCUT2D eigenvalue weighted by Crippen LogP contribution is -2.57. The van der Waals surface area contributed by atoms with E-state index in [1.165, 1.54) is 0 Å². The van der Waals surface area contributed by atoms with Gasteiger partial charge in [-0.05, 0) is 29.8 Å². The van der Waals surface area contributed by atoms with E-state index in [2.05, 4.69) is 20.3 Å². The fourth-order valence-corrected chi connectivity index (χ4v) is 4.58. The van der Waals surface area contributed by atoms with E-state index in [0.717, 1.165) is 11.3 Å². The van der Waals surface area contributed by atoms with Crippen LogP contribution in [-0.2, 0) is 11.3 Å². The Labute approximate surface area is 236 Å². The van der Waals surface area contributed by atoms with Crippen LogP contribution < -0.4 is 19.7 Å². The maximum Gasteiger partial charge on any atom is 0.415 e. The van der Waals surface area contributed by atoms with Gasteiger partial charge in [-0.1, -0.05) is 41.9 Å². The number of para-hydroxylation sites is 1. The zero-order valence-corrected chi connectivity index (χ0v) is 22.6. The third-order valence-corrected chi connectivity index (χ3v) is 6.66. The molecule has 3 heterocycles. The first-order chi connectivity index (χ1) is 19.5. The Morgan fingerprint density at radius 1 is 1.05 bits per heavy atom. The smallest absolute Gasteiger partial charge is 0.415 e. The molecule has 0 radical (unpaired) electrons. The minimum atomic E-state index is -0.515. The zero-order chi connectivity index (χ0) is 27.9. The summed E-state index contributed by atoms with van der Waals surface area (Å²) in [5.41, 5.74) is 0.933. The number of methoxy groups -OCH3 is 1. The number of carbonyl (C=O) groups excluding carboxylic acids is 2. The van der Waals surface area contributed by atoms with E-state index in [1.54, 1.807) is 65.6 Å². The highest BCUT2D eigenvalue weighted by Crippen LogP contribution is 2.24. The number of nitrogens with zero attached hydrogens (tertiary/aromatic N) is 6. The number of nitrogens with one attached hydrogen (secondary N) is 1. The Balaban J connectivity index is 1.32. The van der Waals surface area contributed by atoms with E-state index in [1.807, 2.05) is 35.2 Å². The van der Waals surface area contributed by atoms with Crippen molar-refractivity contribution in [2.24, 2.45) is 0 Å². The molecule has 1 aliphatic heterocycles. The number of ether oxygens (including phenoxy) is 2. The molecule has 1 aliphatic rings. The number of carbonyl (C=O) groups is 2. The number of aromatic nitrogens is 4. The number of halogens is 1. The molecule has 5 rings (SSSR count). The van der Waals surface area contributed by atoms with E-state index < -0.39 is 12.1 Å². The van der Waals surface area contributed by atoms with Crippen LogP contribution in [0.1, 0.15) is 12.0 Å². The summed E-state index contributed by atoms with van der Waals surface area (Å²) in [6, 6.07) is 17.5. The Bertz CT molecular complexity index is 1440. The monoisotopic (exact) mass is 561 g/mol. The van der Waals surface area contributed by atoms with Crippen molar-refractivity contribution in [1.82, 2.24) is 29.7 Å². The van der Waals surface area contributed by atoms with Gasteiger partial charge < -0.3 is 24.6 Å². The van der Waals surface area contributed by atoms with Crippen LogP contribution in [0.2, 0.25) is 5.15 Å². The van der Waals surface area contributed by atoms with E-state index in [-0.39, 0.29) is 17.5 Å². The van der Waals surface area contributed by atoms with Crippen LogP contribution in [-0.4, -0.2) is 69.2 Å². The van der Waals surface area contributed by atoms with E-state index in [0.29, 0.717) is 43.7 Å². The predicted octanol–water partition coefficient (Wildman–Crippen LogP) is 3.72. The van der Waals surface area contributed by atoms with Crippen molar-refractivity contribution >= 4 is 29.4 Å². The van der Waals surface area contributed by atoms with Gasteiger partial charge in [0, 0.05) is 51.1 Å². The van der Waals surface area contributed by atoms with Crippen molar-refractivity contribution < 1.29 is 19.1 Å². The van der Waals surface area contributed by atoms with Gasteiger partial charge >= 0.3 is 6.09 Å². The number of piperazine rings is 1. The molecule has 2 aromatic heterocycles. The van der Waals surface area contributed by atoms with Gasteiger partial charge in [-0.3, -0.25) is 9.36 Å². The van der Waals surface area contributed by atoms with Gasteiger partial charge in [0.15, 0.2) is 0 Å². The molecule has 1 atom stereocenters. The number of hydrogen-bond donors (Lipinski definition) is 1. The fourth-order valence-electron chi connectivity index (χ4n) is 4.41. The summed E-state index contributed by atoms with van der Waals surface area (Å²) in [6.07, 6.45) is 4.50. The lowest BCUT2D eigenvalue weighted by molar-refractivity contribution is -0.122. The third kappa shape index (κ3) is 6.67. The lowest BCUT2D eigenvalue weighted by atomic mass is 10.1. The highest BCUT2D eigenvalue weighted by Gasteiger charge is 2.34. The second-order valence-electron chi connectivity index (χ2n) is 9.12. The van der Waals surface area contributed by atoms with Crippen LogP contribution in [0.25, 0.3) is 5.95 Å². The van der Waals surface area contributed by atoms with Crippen LogP contribution in [0.4, 0.5) is 10.6 Å². The Morgan fingerprint density at radius 2 is 1.85 bits per heavy atom. The number of hydrogen-bond acceptors (Lipinski definition) is 8. The number of amides is 2. The Hall–Kier alpha value is -4.64. The Kier molecular flexibility index (Phi) is 8.41. The highest BCUT2D eigenvalue weighted by atomic mass is 35.5. The molecule has 0 saturated carbocycles. The van der Waals surface area contributed by atoms with Gasteiger partial charge in [0.2, 0.25) is 11.9 Å². The first-order valence-electron chi connectivity index (χ1n) is 12.7. The summed E-state index contributed by atoms with van der Waals surface area (Å²) < 4.78 is 12.5. The van der Waals surface area contributed by atoms with E-state index in [9.17, 15) is 9.59 Å². The molecule has 1 saturated heterocycles. The van der Waals surface area contributed by atoms with Crippen molar-refractivity contribution in [1.29, 1.82) is 0 Å². The first-order valence-corrected chi connectivity index (χ1v) is 13.1. The predicted molar refractivity (Wildman–Crippen MR) is 149 cm³/mol. The zero-order valence-electron chi connectivity index (χ0n) is 21.8. The van der Waals surface area contributed by atoms with Crippen molar-refractivity contribution in [2.75, 3.05) is 31.6 Å². The minimum Gasteiger partial charge on any atom is -0.497 e. The van der Waals surface area contributed by atoms with Crippen molar-refractivity contribution in [2.45, 2.75) is 19.0 Å². The number of benzene rings is 2. The van der Waals surface area contributed by atoms with Crippen LogP contribution in [0.15, 0.2) is 79.4 Å². The average Bonchev–Trinajstić information content (AvgIpc) is 3.52. The van der Waals surface area contributed by atoms with E-state index in [4.69, 9.17) is 21.1 Å². The van der Waals surface area contributed by atoms with Crippen LogP contribution in [0.3, 0.4) is 0 Å². The van der Waals surface area contributed by atoms with Crippen molar-refractivity contribution in [3.8, 4) is 17.4 Å². The number of imidazole rings is 1. The molecule has 12 heteroatoms. The molecular weight excluding hydrogens is 534 g/mol. The van der Waals surface area contributed by atoms with Crippen molar-refractivity contribution in [3.63, 3.8) is 0 Å². The molecule has 1 unspecified atom stereocenters. The van der Waals surface area contributed by atoms with Gasteiger partial charge in [-0.25, -0.2) is 14.8 Å². The van der Waals surface area contributed by atoms with Gasteiger partial charge in [0.1, 0.15) is 28.8 Å². The summed E-state index contributed by atoms with van der Waals surface area (Å²) in [4.78, 5) is 42.8. The summed E-state index contributed by atoms with van der Waals surface area (Å²) in [6.45, 7) is 1.48. The summed E-state index contributed by atoms with van der Waals surface area (Å²) in [5, 5.41) is 3.22. The number of rotatable bonds is 8. The fraction of sp³-hybridized carbons (Fsp3) is 0.250. The molecule has 0 aliphatic carbocycles. The van der Waals surface area contributed by atoms with Crippen LogP contribution >= 0.6 is 11.6 Å². The standard InChI is InChI=1S/C28H28ClN7O4/c1-39-22-9-7-20(8-10-22)17-31-26(37)15-21-18-34(13-14-36(21)28(38)40-23-5-3-2-4-6-23)25-16-24(29)32-27(33-25)35-12-11-30-19-35/h2-12,16,19,21H,13-15,17-18H2,1H3,(H,31,37). The van der Waals surface area contributed by atoms with E-state index >= 15 is 0 Å². The molecule has 1 N–H and O–H groups in total. The minimum absolute atomic E-state index is 0.0732. The third-order valence-electron chi connectivity index (χ3n) is 6.46. The first kappa shape index (κ1) is 26.9. The molecule has 0 spiro atoms. The summed E-state index contributed by atoms with van der Waals surface area (Å²) >= 11 is 6.33. The quantitative estimate of drug-likeness (QED) is 0.324. The molecule has 1 fully saturated rings. The second-order valence-corrected chi connectivity index (χ2v) is 9.51. The molecular formula is C28H28ClN7O4. The molecule has 4 aromatic rings. The number of anilines is 1. The van der Waals surface area contributed by atoms with Gasteiger partial charge in [-0.2, -0.15) is 4.98 Å². The normalized spacial score (nSPS) is 15.0. The highest BCUT2D eigenvalue weighted by molar-refractivity contribution is 6.29. The van der Waals surface area contributed by atoms with Crippen LogP contribution in [0.5, 0.6) is 11.5 Å². The molecule has 2 aromatic carbocycles. The Morgan fingerprint density at radius 3 is 2.58 bits per heavy atom. The largest absolute Gasteiger partial charge is 0.497 e. The van der Waals surface area contributed by atoms with Gasteiger partial charge in [0.05, 0.1) is 13.2 Å². The molecule has 2 amide bonds. The molecule has 40 heavy (non-hydrogen) atoms. The SMILES string of the molecule is COc1ccc(CNC(=O)CC2CN(c3cc(Cl)nc(-n4ccnc4)n3)CCN2C(=O)Oc2ccccc2)cc1. The van der Waals surface area contributed by atoms with Gasteiger partial charge in [0.25, 0.3) is 0 Å². The second kappa shape index (κ2) is 12.5. The summed E-state index contributed by atoms with van der Waals surface area (Å²) in [7, 11) is 1.60. The van der Waals surface area contributed by atoms with Crippen LogP contribution in [0, 0.1) is 0 Å². The topological polar surface area (TPSA) is 115 Å².